The Bertz CT molecular complexity index is 650. The van der Waals surface area contributed by atoms with Gasteiger partial charge in [-0.05, 0) is 31.7 Å². The number of imidazole rings is 1. The number of aromatic nitrogens is 3. The minimum absolute atomic E-state index is 0.00912. The molecule has 0 aromatic carbocycles. The molecule has 1 saturated carbocycles. The number of carboxylic acid groups (broad SMARTS) is 1. The fraction of sp³-hybridized carbons (Fsp3) is 0.533. The Morgan fingerprint density at radius 1 is 1.50 bits per heavy atom. The van der Waals surface area contributed by atoms with Crippen molar-refractivity contribution in [2.75, 3.05) is 0 Å². The molecule has 1 aliphatic carbocycles. The van der Waals surface area contributed by atoms with Gasteiger partial charge in [0.25, 0.3) is 0 Å². The van der Waals surface area contributed by atoms with Crippen LogP contribution < -0.4 is 0 Å². The molecule has 3 unspecified atom stereocenters. The standard InChI is InChI=1S/C15H19N3O2/c1-3-18-13-4-5-16-8-12(13)17-14(18)10-6-9(2)7-11(10)15(19)20/h4-5,8-11H,3,6-7H2,1-2H3,(H,19,20). The number of fused-ring (bicyclic) bond motifs is 1. The van der Waals surface area contributed by atoms with Crippen LogP contribution in [-0.4, -0.2) is 25.6 Å². The smallest absolute Gasteiger partial charge is 0.307 e. The van der Waals surface area contributed by atoms with Gasteiger partial charge >= 0.3 is 5.97 Å². The highest BCUT2D eigenvalue weighted by Gasteiger charge is 2.40. The summed E-state index contributed by atoms with van der Waals surface area (Å²) in [5.41, 5.74) is 1.90. The van der Waals surface area contributed by atoms with Crippen LogP contribution in [0.15, 0.2) is 18.5 Å². The molecular formula is C15H19N3O2. The highest BCUT2D eigenvalue weighted by Crippen LogP contribution is 2.43. The van der Waals surface area contributed by atoms with Crippen LogP contribution in [0, 0.1) is 11.8 Å². The molecule has 1 N–H and O–H groups in total. The Morgan fingerprint density at radius 3 is 3.00 bits per heavy atom. The first-order valence-electron chi connectivity index (χ1n) is 7.14. The first kappa shape index (κ1) is 13.1. The van der Waals surface area contributed by atoms with Gasteiger partial charge in [0.1, 0.15) is 11.3 Å². The third kappa shape index (κ3) is 1.97. The molecule has 1 fully saturated rings. The summed E-state index contributed by atoms with van der Waals surface area (Å²) < 4.78 is 2.13. The van der Waals surface area contributed by atoms with Crippen LogP contribution in [0.4, 0.5) is 0 Å². The quantitative estimate of drug-likeness (QED) is 0.933. The van der Waals surface area contributed by atoms with Gasteiger partial charge in [0.15, 0.2) is 0 Å². The molecule has 106 valence electrons. The second kappa shape index (κ2) is 4.89. The van der Waals surface area contributed by atoms with Crippen LogP contribution >= 0.6 is 0 Å². The van der Waals surface area contributed by atoms with Crippen molar-refractivity contribution in [1.29, 1.82) is 0 Å². The Hall–Kier alpha value is -1.91. The van der Waals surface area contributed by atoms with Crippen molar-refractivity contribution >= 4 is 17.0 Å². The Kier molecular flexibility index (Phi) is 3.20. The summed E-state index contributed by atoms with van der Waals surface area (Å²) in [4.78, 5) is 20.3. The van der Waals surface area contributed by atoms with Crippen molar-refractivity contribution in [2.24, 2.45) is 11.8 Å². The van der Waals surface area contributed by atoms with E-state index >= 15 is 0 Å². The van der Waals surface area contributed by atoms with Crippen LogP contribution in [0.1, 0.15) is 38.4 Å². The number of carboxylic acids is 1. The first-order chi connectivity index (χ1) is 9.61. The van der Waals surface area contributed by atoms with E-state index in [1.165, 1.54) is 0 Å². The molecule has 0 radical (unpaired) electrons. The molecule has 0 saturated heterocycles. The number of pyridine rings is 1. The van der Waals surface area contributed by atoms with E-state index in [0.717, 1.165) is 36.2 Å². The van der Waals surface area contributed by atoms with Crippen molar-refractivity contribution in [3.05, 3.63) is 24.3 Å². The van der Waals surface area contributed by atoms with Crippen molar-refractivity contribution in [3.8, 4) is 0 Å². The molecule has 0 spiro atoms. The maximum Gasteiger partial charge on any atom is 0.307 e. The van der Waals surface area contributed by atoms with Crippen LogP contribution in [0.25, 0.3) is 11.0 Å². The van der Waals surface area contributed by atoms with Crippen LogP contribution in [0.5, 0.6) is 0 Å². The average molecular weight is 273 g/mol. The summed E-state index contributed by atoms with van der Waals surface area (Å²) in [6, 6.07) is 1.95. The topological polar surface area (TPSA) is 68.0 Å². The molecule has 0 bridgehead atoms. The Morgan fingerprint density at radius 2 is 2.30 bits per heavy atom. The van der Waals surface area contributed by atoms with E-state index < -0.39 is 5.97 Å². The van der Waals surface area contributed by atoms with Gasteiger partial charge in [0.2, 0.25) is 0 Å². The molecule has 0 aliphatic heterocycles. The summed E-state index contributed by atoms with van der Waals surface area (Å²) in [6.07, 6.45) is 5.14. The van der Waals surface area contributed by atoms with Gasteiger partial charge in [-0.1, -0.05) is 6.92 Å². The van der Waals surface area contributed by atoms with Gasteiger partial charge in [0.05, 0.1) is 17.6 Å². The number of hydrogen-bond donors (Lipinski definition) is 1. The first-order valence-corrected chi connectivity index (χ1v) is 7.14. The lowest BCUT2D eigenvalue weighted by molar-refractivity contribution is -0.142. The van der Waals surface area contributed by atoms with Gasteiger partial charge in [0, 0.05) is 18.7 Å². The predicted octanol–water partition coefficient (Wildman–Crippen LogP) is 2.67. The molecule has 3 atom stereocenters. The Balaban J connectivity index is 2.11. The van der Waals surface area contributed by atoms with E-state index in [1.807, 2.05) is 6.07 Å². The van der Waals surface area contributed by atoms with Gasteiger partial charge in [-0.25, -0.2) is 4.98 Å². The number of rotatable bonds is 3. The largest absolute Gasteiger partial charge is 0.481 e. The molecule has 3 rings (SSSR count). The summed E-state index contributed by atoms with van der Waals surface area (Å²) in [6.45, 7) is 4.99. The van der Waals surface area contributed by atoms with Gasteiger partial charge in [-0.3, -0.25) is 9.78 Å². The summed E-state index contributed by atoms with van der Waals surface area (Å²) in [5.74, 6) is 0.332. The van der Waals surface area contributed by atoms with Crippen LogP contribution in [0.2, 0.25) is 0 Å². The van der Waals surface area contributed by atoms with Crippen molar-refractivity contribution < 1.29 is 9.90 Å². The van der Waals surface area contributed by atoms with Crippen molar-refractivity contribution in [2.45, 2.75) is 39.2 Å². The molecule has 5 nitrogen and oxygen atoms in total. The third-order valence-electron chi connectivity index (χ3n) is 4.34. The number of aliphatic carboxylic acids is 1. The zero-order valence-corrected chi connectivity index (χ0v) is 11.8. The molecule has 5 heteroatoms. The lowest BCUT2D eigenvalue weighted by atomic mass is 9.95. The van der Waals surface area contributed by atoms with Crippen molar-refractivity contribution in [1.82, 2.24) is 14.5 Å². The van der Waals surface area contributed by atoms with Gasteiger partial charge < -0.3 is 9.67 Å². The molecule has 2 heterocycles. The van der Waals surface area contributed by atoms with Gasteiger partial charge in [-0.2, -0.15) is 0 Å². The lowest BCUT2D eigenvalue weighted by Crippen LogP contribution is -2.20. The molecule has 0 amide bonds. The molecule has 1 aliphatic rings. The monoisotopic (exact) mass is 273 g/mol. The second-order valence-corrected chi connectivity index (χ2v) is 5.71. The average Bonchev–Trinajstić information content (AvgIpc) is 2.98. The number of nitrogens with zero attached hydrogens (tertiary/aromatic N) is 3. The highest BCUT2D eigenvalue weighted by atomic mass is 16.4. The molecular weight excluding hydrogens is 254 g/mol. The van der Waals surface area contributed by atoms with E-state index in [9.17, 15) is 9.90 Å². The van der Waals surface area contributed by atoms with Crippen LogP contribution in [-0.2, 0) is 11.3 Å². The zero-order chi connectivity index (χ0) is 14.3. The Labute approximate surface area is 117 Å². The molecule has 20 heavy (non-hydrogen) atoms. The SMILES string of the molecule is CCn1c(C2CC(C)CC2C(=O)O)nc2cnccc21. The van der Waals surface area contributed by atoms with E-state index in [-0.39, 0.29) is 11.8 Å². The van der Waals surface area contributed by atoms with Gasteiger partial charge in [-0.15, -0.1) is 0 Å². The molecule has 2 aromatic rings. The summed E-state index contributed by atoms with van der Waals surface area (Å²) in [7, 11) is 0. The minimum Gasteiger partial charge on any atom is -0.481 e. The fourth-order valence-electron chi connectivity index (χ4n) is 3.47. The third-order valence-corrected chi connectivity index (χ3v) is 4.34. The molecule has 2 aromatic heterocycles. The second-order valence-electron chi connectivity index (χ2n) is 5.71. The number of aryl methyl sites for hydroxylation is 1. The summed E-state index contributed by atoms with van der Waals surface area (Å²) in [5, 5.41) is 9.45. The minimum atomic E-state index is -0.702. The van der Waals surface area contributed by atoms with E-state index in [1.54, 1.807) is 12.4 Å². The number of hydrogen-bond acceptors (Lipinski definition) is 3. The van der Waals surface area contributed by atoms with Crippen LogP contribution in [0.3, 0.4) is 0 Å². The fourth-order valence-corrected chi connectivity index (χ4v) is 3.47. The maximum atomic E-state index is 11.5. The lowest BCUT2D eigenvalue weighted by Gasteiger charge is -2.16. The van der Waals surface area contributed by atoms with E-state index in [0.29, 0.717) is 5.92 Å². The highest BCUT2D eigenvalue weighted by molar-refractivity contribution is 5.76. The van der Waals surface area contributed by atoms with Crippen molar-refractivity contribution in [3.63, 3.8) is 0 Å². The van der Waals surface area contributed by atoms with E-state index in [4.69, 9.17) is 0 Å². The van der Waals surface area contributed by atoms with E-state index in [2.05, 4.69) is 28.4 Å². The maximum absolute atomic E-state index is 11.5. The number of carbonyl (C=O) groups is 1. The predicted molar refractivity (Wildman–Crippen MR) is 75.5 cm³/mol. The normalized spacial score (nSPS) is 26.2. The summed E-state index contributed by atoms with van der Waals surface area (Å²) >= 11 is 0. The zero-order valence-electron chi connectivity index (χ0n) is 11.8.